The number of benzene rings is 1. The van der Waals surface area contributed by atoms with Gasteiger partial charge in [0.15, 0.2) is 0 Å². The molecule has 0 N–H and O–H groups in total. The summed E-state index contributed by atoms with van der Waals surface area (Å²) in [7, 11) is 3.35. The zero-order chi connectivity index (χ0) is 16.8. The van der Waals surface area contributed by atoms with Crippen LogP contribution >= 0.6 is 0 Å². The molecule has 2 rings (SSSR count). The second-order valence-corrected chi connectivity index (χ2v) is 6.22. The molecule has 0 aliphatic carbocycles. The minimum Gasteiger partial charge on any atom is -0.497 e. The van der Waals surface area contributed by atoms with E-state index < -0.39 is 0 Å². The fourth-order valence-corrected chi connectivity index (χ4v) is 3.29. The van der Waals surface area contributed by atoms with Crippen molar-refractivity contribution in [2.45, 2.75) is 32.4 Å². The molecule has 0 radical (unpaired) electrons. The summed E-state index contributed by atoms with van der Waals surface area (Å²) < 4.78 is 10.4. The number of hydrogen-bond donors (Lipinski definition) is 0. The SMILES string of the molecule is COCCCN1C(C)CN(C(=O)c2cccc(OC)c2)CC1C. The van der Waals surface area contributed by atoms with Crippen LogP contribution in [0.25, 0.3) is 0 Å². The minimum atomic E-state index is 0.0825. The second kappa shape index (κ2) is 8.31. The highest BCUT2D eigenvalue weighted by atomic mass is 16.5. The summed E-state index contributed by atoms with van der Waals surface area (Å²) in [4.78, 5) is 17.2. The molecule has 23 heavy (non-hydrogen) atoms. The number of piperazine rings is 1. The summed E-state index contributed by atoms with van der Waals surface area (Å²) >= 11 is 0. The highest BCUT2D eigenvalue weighted by Gasteiger charge is 2.31. The number of carbonyl (C=O) groups is 1. The first-order valence-electron chi connectivity index (χ1n) is 8.24. The van der Waals surface area contributed by atoms with E-state index in [1.54, 1.807) is 14.2 Å². The van der Waals surface area contributed by atoms with Crippen LogP contribution in [0.3, 0.4) is 0 Å². The third kappa shape index (κ3) is 4.45. The predicted molar refractivity (Wildman–Crippen MR) is 91.0 cm³/mol. The summed E-state index contributed by atoms with van der Waals surface area (Å²) in [6.07, 6.45) is 1.02. The fourth-order valence-electron chi connectivity index (χ4n) is 3.29. The van der Waals surface area contributed by atoms with E-state index in [0.29, 0.717) is 17.6 Å². The van der Waals surface area contributed by atoms with Crippen molar-refractivity contribution in [3.8, 4) is 5.75 Å². The van der Waals surface area contributed by atoms with Crippen LogP contribution in [0.2, 0.25) is 0 Å². The molecule has 0 spiro atoms. The van der Waals surface area contributed by atoms with Crippen molar-refractivity contribution in [1.29, 1.82) is 0 Å². The van der Waals surface area contributed by atoms with Gasteiger partial charge < -0.3 is 14.4 Å². The molecule has 1 fully saturated rings. The monoisotopic (exact) mass is 320 g/mol. The topological polar surface area (TPSA) is 42.0 Å². The number of methoxy groups -OCH3 is 2. The molecule has 0 bridgehead atoms. The molecule has 1 aliphatic heterocycles. The van der Waals surface area contributed by atoms with Gasteiger partial charge in [0.25, 0.3) is 5.91 Å². The lowest BCUT2D eigenvalue weighted by atomic mass is 10.1. The highest BCUT2D eigenvalue weighted by molar-refractivity contribution is 5.94. The maximum atomic E-state index is 12.8. The molecule has 1 aromatic carbocycles. The van der Waals surface area contributed by atoms with Crippen LogP contribution in [0.1, 0.15) is 30.6 Å². The molecule has 0 saturated carbocycles. The molecule has 1 amide bonds. The van der Waals surface area contributed by atoms with E-state index in [9.17, 15) is 4.79 Å². The van der Waals surface area contributed by atoms with E-state index in [1.807, 2.05) is 29.2 Å². The van der Waals surface area contributed by atoms with Gasteiger partial charge in [0, 0.05) is 51.0 Å². The van der Waals surface area contributed by atoms with Crippen LogP contribution in [0.4, 0.5) is 0 Å². The summed E-state index contributed by atoms with van der Waals surface area (Å²) in [6, 6.07) is 8.08. The Balaban J connectivity index is 2.01. The Kier molecular flexibility index (Phi) is 6.42. The van der Waals surface area contributed by atoms with Gasteiger partial charge in [0.2, 0.25) is 0 Å². The first kappa shape index (κ1) is 17.8. The van der Waals surface area contributed by atoms with Crippen LogP contribution < -0.4 is 4.74 Å². The standard InChI is InChI=1S/C18H28N2O3/c1-14-12-19(13-15(2)20(14)9-6-10-22-3)18(21)16-7-5-8-17(11-16)23-4/h5,7-8,11,14-15H,6,9-10,12-13H2,1-4H3. The third-order valence-electron chi connectivity index (χ3n) is 4.47. The number of hydrogen-bond acceptors (Lipinski definition) is 4. The summed E-state index contributed by atoms with van der Waals surface area (Å²) in [5.41, 5.74) is 0.691. The molecule has 1 aliphatic rings. The van der Waals surface area contributed by atoms with E-state index in [2.05, 4.69) is 18.7 Å². The van der Waals surface area contributed by atoms with Crippen LogP contribution in [0.15, 0.2) is 24.3 Å². The Morgan fingerprint density at radius 3 is 2.52 bits per heavy atom. The lowest BCUT2D eigenvalue weighted by molar-refractivity contribution is 0.0270. The van der Waals surface area contributed by atoms with Gasteiger partial charge in [-0.05, 0) is 38.5 Å². The van der Waals surface area contributed by atoms with Gasteiger partial charge in [-0.1, -0.05) is 6.07 Å². The first-order chi connectivity index (χ1) is 11.1. The van der Waals surface area contributed by atoms with Crippen molar-refractivity contribution in [2.75, 3.05) is 40.5 Å². The molecule has 1 aromatic rings. The van der Waals surface area contributed by atoms with Crippen molar-refractivity contribution in [3.05, 3.63) is 29.8 Å². The van der Waals surface area contributed by atoms with Gasteiger partial charge in [-0.3, -0.25) is 9.69 Å². The number of ether oxygens (including phenoxy) is 2. The maximum absolute atomic E-state index is 12.8. The van der Waals surface area contributed by atoms with Crippen LogP contribution in [0.5, 0.6) is 5.75 Å². The van der Waals surface area contributed by atoms with Crippen LogP contribution in [0, 0.1) is 0 Å². The molecular weight excluding hydrogens is 292 g/mol. The normalized spacial score (nSPS) is 22.2. The molecule has 2 unspecified atom stereocenters. The Hall–Kier alpha value is -1.59. The first-order valence-corrected chi connectivity index (χ1v) is 8.24. The number of amides is 1. The summed E-state index contributed by atoms with van der Waals surface area (Å²) in [5, 5.41) is 0. The van der Waals surface area contributed by atoms with E-state index in [4.69, 9.17) is 9.47 Å². The van der Waals surface area contributed by atoms with Gasteiger partial charge in [0.05, 0.1) is 7.11 Å². The number of nitrogens with zero attached hydrogens (tertiary/aromatic N) is 2. The second-order valence-electron chi connectivity index (χ2n) is 6.22. The summed E-state index contributed by atoms with van der Waals surface area (Å²) in [6.45, 7) is 7.68. The van der Waals surface area contributed by atoms with E-state index in [0.717, 1.165) is 38.4 Å². The third-order valence-corrected chi connectivity index (χ3v) is 4.47. The number of carbonyl (C=O) groups excluding carboxylic acids is 1. The Labute approximate surface area is 139 Å². The molecule has 1 saturated heterocycles. The van der Waals surface area contributed by atoms with Crippen molar-refractivity contribution in [3.63, 3.8) is 0 Å². The van der Waals surface area contributed by atoms with Crippen molar-refractivity contribution < 1.29 is 14.3 Å². The van der Waals surface area contributed by atoms with Crippen molar-refractivity contribution in [1.82, 2.24) is 9.80 Å². The molecule has 1 heterocycles. The Morgan fingerprint density at radius 2 is 1.91 bits per heavy atom. The Morgan fingerprint density at radius 1 is 1.22 bits per heavy atom. The predicted octanol–water partition coefficient (Wildman–Crippen LogP) is 2.27. The van der Waals surface area contributed by atoms with Crippen LogP contribution in [-0.4, -0.2) is 68.3 Å². The molecule has 5 nitrogen and oxygen atoms in total. The van der Waals surface area contributed by atoms with Gasteiger partial charge in [-0.2, -0.15) is 0 Å². The maximum Gasteiger partial charge on any atom is 0.254 e. The molecule has 128 valence electrons. The fraction of sp³-hybridized carbons (Fsp3) is 0.611. The smallest absolute Gasteiger partial charge is 0.254 e. The van der Waals surface area contributed by atoms with E-state index in [1.165, 1.54) is 0 Å². The minimum absolute atomic E-state index is 0.0825. The zero-order valence-electron chi connectivity index (χ0n) is 14.6. The van der Waals surface area contributed by atoms with Gasteiger partial charge >= 0.3 is 0 Å². The lowest BCUT2D eigenvalue weighted by Crippen LogP contribution is -2.58. The largest absolute Gasteiger partial charge is 0.497 e. The van der Waals surface area contributed by atoms with E-state index in [-0.39, 0.29) is 5.91 Å². The average molecular weight is 320 g/mol. The highest BCUT2D eigenvalue weighted by Crippen LogP contribution is 2.20. The summed E-state index contributed by atoms with van der Waals surface area (Å²) in [5.74, 6) is 0.800. The molecular formula is C18H28N2O3. The molecule has 0 aromatic heterocycles. The lowest BCUT2D eigenvalue weighted by Gasteiger charge is -2.44. The molecule has 5 heteroatoms. The van der Waals surface area contributed by atoms with Gasteiger partial charge in [-0.25, -0.2) is 0 Å². The van der Waals surface area contributed by atoms with Crippen molar-refractivity contribution in [2.24, 2.45) is 0 Å². The average Bonchev–Trinajstić information content (AvgIpc) is 2.56. The van der Waals surface area contributed by atoms with Crippen LogP contribution in [-0.2, 0) is 4.74 Å². The quantitative estimate of drug-likeness (QED) is 0.754. The van der Waals surface area contributed by atoms with Crippen molar-refractivity contribution >= 4 is 5.91 Å². The van der Waals surface area contributed by atoms with Gasteiger partial charge in [-0.15, -0.1) is 0 Å². The van der Waals surface area contributed by atoms with Gasteiger partial charge in [0.1, 0.15) is 5.75 Å². The number of rotatable bonds is 6. The zero-order valence-corrected chi connectivity index (χ0v) is 14.6. The Bertz CT molecular complexity index is 509. The van der Waals surface area contributed by atoms with E-state index >= 15 is 0 Å². The molecule has 2 atom stereocenters.